The summed E-state index contributed by atoms with van der Waals surface area (Å²) in [6.07, 6.45) is 5.09. The summed E-state index contributed by atoms with van der Waals surface area (Å²) in [5.41, 5.74) is 3.54. The number of aromatic amines is 1. The summed E-state index contributed by atoms with van der Waals surface area (Å²) in [5.74, 6) is -0.235. The highest BCUT2D eigenvalue weighted by Gasteiger charge is 2.15. The number of rotatable bonds is 4. The molecule has 0 aliphatic carbocycles. The Morgan fingerprint density at radius 1 is 1.45 bits per heavy atom. The Morgan fingerprint density at radius 3 is 3.05 bits per heavy atom. The molecule has 22 heavy (non-hydrogen) atoms. The molecule has 3 aromatic rings. The second kappa shape index (κ2) is 5.61. The van der Waals surface area contributed by atoms with Gasteiger partial charge in [-0.25, -0.2) is 4.98 Å². The fourth-order valence-electron chi connectivity index (χ4n) is 2.41. The molecule has 114 valence electrons. The lowest BCUT2D eigenvalue weighted by Gasteiger charge is -2.08. The Hall–Kier alpha value is -2.67. The van der Waals surface area contributed by atoms with E-state index in [0.717, 1.165) is 16.6 Å². The van der Waals surface area contributed by atoms with Gasteiger partial charge in [0.15, 0.2) is 0 Å². The van der Waals surface area contributed by atoms with E-state index in [2.05, 4.69) is 20.4 Å². The van der Waals surface area contributed by atoms with Crippen LogP contribution in [0.5, 0.6) is 0 Å². The molecule has 7 nitrogen and oxygen atoms in total. The van der Waals surface area contributed by atoms with Crippen LogP contribution in [0.1, 0.15) is 21.6 Å². The second-order valence-corrected chi connectivity index (χ2v) is 5.11. The van der Waals surface area contributed by atoms with E-state index in [1.807, 2.05) is 19.2 Å². The summed E-state index contributed by atoms with van der Waals surface area (Å²) in [6, 6.07) is 1.93. The summed E-state index contributed by atoms with van der Waals surface area (Å²) in [7, 11) is 0. The van der Waals surface area contributed by atoms with E-state index < -0.39 is 0 Å². The third-order valence-corrected chi connectivity index (χ3v) is 3.62. The Kier molecular flexibility index (Phi) is 3.64. The van der Waals surface area contributed by atoms with E-state index in [1.165, 1.54) is 0 Å². The largest absolute Gasteiger partial charge is 0.394 e. The number of carbonyl (C=O) groups excluding carboxylic acids is 1. The van der Waals surface area contributed by atoms with Crippen LogP contribution >= 0.6 is 0 Å². The number of aliphatic hydroxyl groups is 1. The van der Waals surface area contributed by atoms with E-state index in [-0.39, 0.29) is 12.5 Å². The molecule has 0 fully saturated rings. The van der Waals surface area contributed by atoms with Crippen molar-refractivity contribution in [1.82, 2.24) is 19.7 Å². The number of pyridine rings is 1. The summed E-state index contributed by atoms with van der Waals surface area (Å²) in [5, 5.41) is 17.0. The highest BCUT2D eigenvalue weighted by Crippen LogP contribution is 2.23. The molecule has 0 radical (unpaired) electrons. The average Bonchev–Trinajstić information content (AvgIpc) is 3.09. The number of aliphatic hydroxyl groups excluding tert-OH is 1. The quantitative estimate of drug-likeness (QED) is 0.682. The number of carbonyl (C=O) groups is 1. The van der Waals surface area contributed by atoms with Crippen LogP contribution in [-0.2, 0) is 6.54 Å². The van der Waals surface area contributed by atoms with Crippen LogP contribution in [0.15, 0.2) is 24.7 Å². The molecule has 3 rings (SSSR count). The van der Waals surface area contributed by atoms with Crippen molar-refractivity contribution in [2.75, 3.05) is 11.9 Å². The third kappa shape index (κ3) is 2.46. The number of hydrogen-bond donors (Lipinski definition) is 3. The minimum Gasteiger partial charge on any atom is -0.394 e. The summed E-state index contributed by atoms with van der Waals surface area (Å²) < 4.78 is 1.56. The maximum absolute atomic E-state index is 12.4. The number of amides is 1. The van der Waals surface area contributed by atoms with Crippen molar-refractivity contribution in [2.45, 2.75) is 20.4 Å². The molecule has 1 amide bonds. The van der Waals surface area contributed by atoms with E-state index >= 15 is 0 Å². The van der Waals surface area contributed by atoms with Crippen LogP contribution in [0, 0.1) is 13.8 Å². The fourth-order valence-corrected chi connectivity index (χ4v) is 2.41. The van der Waals surface area contributed by atoms with Crippen molar-refractivity contribution in [1.29, 1.82) is 0 Å². The monoisotopic (exact) mass is 299 g/mol. The number of aryl methyl sites for hydroxylation is 2. The maximum atomic E-state index is 12.4. The van der Waals surface area contributed by atoms with Gasteiger partial charge < -0.3 is 15.4 Å². The average molecular weight is 299 g/mol. The fraction of sp³-hybridized carbons (Fsp3) is 0.267. The number of aromatic nitrogens is 4. The van der Waals surface area contributed by atoms with E-state index in [4.69, 9.17) is 5.11 Å². The van der Waals surface area contributed by atoms with Crippen LogP contribution in [-0.4, -0.2) is 37.4 Å². The second-order valence-electron chi connectivity index (χ2n) is 5.11. The first kappa shape index (κ1) is 14.3. The minimum absolute atomic E-state index is 0.0185. The third-order valence-electron chi connectivity index (χ3n) is 3.62. The van der Waals surface area contributed by atoms with Crippen LogP contribution in [0.4, 0.5) is 5.69 Å². The number of nitrogens with zero attached hydrogens (tertiary/aromatic N) is 3. The van der Waals surface area contributed by atoms with Crippen molar-refractivity contribution in [2.24, 2.45) is 0 Å². The number of fused-ring (bicyclic) bond motifs is 1. The number of nitrogens with one attached hydrogen (secondary N) is 2. The zero-order chi connectivity index (χ0) is 15.7. The van der Waals surface area contributed by atoms with Gasteiger partial charge in [-0.15, -0.1) is 0 Å². The summed E-state index contributed by atoms with van der Waals surface area (Å²) in [4.78, 5) is 19.7. The molecule has 0 aliphatic rings. The van der Waals surface area contributed by atoms with Crippen LogP contribution in [0.25, 0.3) is 11.0 Å². The highest BCUT2D eigenvalue weighted by molar-refractivity contribution is 6.06. The Morgan fingerprint density at radius 2 is 2.27 bits per heavy atom. The summed E-state index contributed by atoms with van der Waals surface area (Å²) >= 11 is 0. The van der Waals surface area contributed by atoms with Gasteiger partial charge >= 0.3 is 0 Å². The van der Waals surface area contributed by atoms with Gasteiger partial charge in [0.2, 0.25) is 0 Å². The predicted molar refractivity (Wildman–Crippen MR) is 82.8 cm³/mol. The van der Waals surface area contributed by atoms with E-state index in [1.54, 1.807) is 24.0 Å². The molecule has 3 heterocycles. The SMILES string of the molecule is Cc1nn(CCO)cc1C(=O)Nc1cnc2[nH]ccc2c1C. The van der Waals surface area contributed by atoms with Gasteiger partial charge in [-0.2, -0.15) is 5.10 Å². The molecule has 3 aromatic heterocycles. The zero-order valence-electron chi connectivity index (χ0n) is 12.4. The first-order chi connectivity index (χ1) is 10.6. The highest BCUT2D eigenvalue weighted by atomic mass is 16.3. The molecule has 0 aromatic carbocycles. The molecule has 0 atom stereocenters. The van der Waals surface area contributed by atoms with Crippen LogP contribution in [0.2, 0.25) is 0 Å². The predicted octanol–water partition coefficient (Wildman–Crippen LogP) is 1.62. The van der Waals surface area contributed by atoms with Gasteiger partial charge in [0.1, 0.15) is 5.65 Å². The Bertz CT molecular complexity index is 834. The minimum atomic E-state index is -0.235. The van der Waals surface area contributed by atoms with Crippen LogP contribution in [0.3, 0.4) is 0 Å². The number of hydrogen-bond acceptors (Lipinski definition) is 4. The molecule has 0 unspecified atom stereocenters. The van der Waals surface area contributed by atoms with Gasteiger partial charge in [0, 0.05) is 17.8 Å². The van der Waals surface area contributed by atoms with Crippen molar-refractivity contribution in [3.8, 4) is 0 Å². The van der Waals surface area contributed by atoms with Crippen molar-refractivity contribution in [3.63, 3.8) is 0 Å². The number of anilines is 1. The van der Waals surface area contributed by atoms with Crippen LogP contribution < -0.4 is 5.32 Å². The van der Waals surface area contributed by atoms with Gasteiger partial charge in [-0.1, -0.05) is 0 Å². The topological polar surface area (TPSA) is 95.8 Å². The van der Waals surface area contributed by atoms with E-state index in [9.17, 15) is 4.79 Å². The molecule has 0 spiro atoms. The van der Waals surface area contributed by atoms with Crippen molar-refractivity contribution < 1.29 is 9.90 Å². The van der Waals surface area contributed by atoms with Gasteiger partial charge in [-0.05, 0) is 25.5 Å². The summed E-state index contributed by atoms with van der Waals surface area (Å²) in [6.45, 7) is 4.05. The molecular formula is C15H17N5O2. The van der Waals surface area contributed by atoms with Gasteiger partial charge in [0.05, 0.1) is 36.3 Å². The molecule has 0 saturated carbocycles. The molecule has 3 N–H and O–H groups in total. The zero-order valence-corrected chi connectivity index (χ0v) is 12.4. The lowest BCUT2D eigenvalue weighted by atomic mass is 10.1. The maximum Gasteiger partial charge on any atom is 0.259 e. The normalized spacial score (nSPS) is 11.0. The first-order valence-corrected chi connectivity index (χ1v) is 6.99. The Balaban J connectivity index is 1.88. The lowest BCUT2D eigenvalue weighted by Crippen LogP contribution is -2.13. The number of H-pyrrole nitrogens is 1. The Labute approximate surface area is 127 Å². The first-order valence-electron chi connectivity index (χ1n) is 6.99. The standard InChI is InChI=1S/C15H17N5O2/c1-9-11-3-4-16-14(11)17-7-13(9)18-15(22)12-8-20(5-6-21)19-10(12)2/h3-4,7-8,21H,5-6H2,1-2H3,(H,16,17)(H,18,22). The van der Waals surface area contributed by atoms with Gasteiger partial charge in [0.25, 0.3) is 5.91 Å². The molecule has 0 saturated heterocycles. The molecule has 0 aliphatic heterocycles. The van der Waals surface area contributed by atoms with Crippen molar-refractivity contribution >= 4 is 22.6 Å². The van der Waals surface area contributed by atoms with E-state index in [0.29, 0.717) is 23.5 Å². The molecule has 7 heteroatoms. The smallest absolute Gasteiger partial charge is 0.259 e. The van der Waals surface area contributed by atoms with Gasteiger partial charge in [-0.3, -0.25) is 9.48 Å². The lowest BCUT2D eigenvalue weighted by molar-refractivity contribution is 0.102. The van der Waals surface area contributed by atoms with Crippen molar-refractivity contribution in [3.05, 3.63) is 41.5 Å². The molecular weight excluding hydrogens is 282 g/mol. The molecule has 0 bridgehead atoms.